The summed E-state index contributed by atoms with van der Waals surface area (Å²) in [7, 11) is 0. The number of terminal acetylenes is 1. The number of rotatable bonds is 5. The molecule has 128 valence electrons. The first-order valence-corrected chi connectivity index (χ1v) is 9.96. The smallest absolute Gasteiger partial charge is 0.125 e. The van der Waals surface area contributed by atoms with E-state index in [1.807, 2.05) is 0 Å². The molecule has 1 aromatic rings. The molecule has 0 aromatic heterocycles. The lowest BCUT2D eigenvalue weighted by atomic mass is 9.59. The monoisotopic (exact) mass is 332 g/mol. The van der Waals surface area contributed by atoms with Gasteiger partial charge in [-0.1, -0.05) is 30.2 Å². The van der Waals surface area contributed by atoms with Crippen LogP contribution in [0.1, 0.15) is 17.5 Å². The van der Waals surface area contributed by atoms with Gasteiger partial charge in [0.15, 0.2) is 0 Å². The third-order valence-corrected chi connectivity index (χ3v) is 9.14. The topological polar surface area (TPSA) is 35.5 Å². The van der Waals surface area contributed by atoms with Gasteiger partial charge in [0.2, 0.25) is 0 Å². The van der Waals surface area contributed by atoms with E-state index in [0.29, 0.717) is 24.4 Å². The van der Waals surface area contributed by atoms with Crippen LogP contribution in [0.3, 0.4) is 0 Å². The van der Waals surface area contributed by atoms with Gasteiger partial charge in [0.1, 0.15) is 5.72 Å². The molecule has 2 heterocycles. The van der Waals surface area contributed by atoms with Crippen LogP contribution in [0, 0.1) is 59.7 Å². The molecule has 5 aliphatic carbocycles. The zero-order valence-electron chi connectivity index (χ0n) is 14.3. The Morgan fingerprint density at radius 3 is 2.68 bits per heavy atom. The molecule has 3 nitrogen and oxygen atoms in total. The largest absolute Gasteiger partial charge is 0.375 e. The SMILES string of the molecule is C#CCNCc1ccc(CN2C3C4C5CC6C7C5C3C7C2(O)C64)cc1. The minimum Gasteiger partial charge on any atom is -0.375 e. The minimum absolute atomic E-state index is 0.454. The summed E-state index contributed by atoms with van der Waals surface area (Å²) in [5, 5.41) is 15.0. The van der Waals surface area contributed by atoms with Crippen molar-refractivity contribution in [2.45, 2.75) is 31.3 Å². The van der Waals surface area contributed by atoms with Crippen molar-refractivity contribution in [3.63, 3.8) is 0 Å². The van der Waals surface area contributed by atoms with Crippen molar-refractivity contribution < 1.29 is 5.11 Å². The second-order valence-electron chi connectivity index (χ2n) is 9.45. The van der Waals surface area contributed by atoms with Crippen LogP contribution < -0.4 is 5.32 Å². The van der Waals surface area contributed by atoms with Gasteiger partial charge in [-0.15, -0.1) is 6.42 Å². The number of aliphatic hydroxyl groups is 1. The summed E-state index contributed by atoms with van der Waals surface area (Å²) in [5.74, 6) is 9.21. The van der Waals surface area contributed by atoms with Crippen LogP contribution in [0.25, 0.3) is 0 Å². The number of benzene rings is 1. The van der Waals surface area contributed by atoms with Crippen LogP contribution in [0.2, 0.25) is 0 Å². The molecule has 5 saturated carbocycles. The molecular weight excluding hydrogens is 308 g/mol. The summed E-state index contributed by atoms with van der Waals surface area (Å²) in [4.78, 5) is 2.55. The average molecular weight is 332 g/mol. The quantitative estimate of drug-likeness (QED) is 0.636. The van der Waals surface area contributed by atoms with Gasteiger partial charge >= 0.3 is 0 Å². The van der Waals surface area contributed by atoms with Crippen LogP contribution in [-0.4, -0.2) is 28.3 Å². The van der Waals surface area contributed by atoms with Crippen molar-refractivity contribution in [3.05, 3.63) is 35.4 Å². The fraction of sp³-hybridized carbons (Fsp3) is 0.636. The molecular formula is C22H24N2O. The van der Waals surface area contributed by atoms with Crippen molar-refractivity contribution in [1.29, 1.82) is 0 Å². The Labute approximate surface area is 148 Å². The van der Waals surface area contributed by atoms with Crippen molar-refractivity contribution in [2.24, 2.45) is 47.3 Å². The molecule has 0 amide bonds. The number of nitrogens with one attached hydrogen (secondary N) is 1. The molecule has 2 N–H and O–H groups in total. The van der Waals surface area contributed by atoms with Crippen molar-refractivity contribution in [3.8, 4) is 12.3 Å². The standard InChI is InChI=1S/C22H24N2O/c1-2-7-23-9-11-3-5-12(6-4-11)10-24-21-17-13-8-14-16-15(13)18(21)20(16)22(24,25)19(14)17/h1,3-6,13-21,23,25H,7-10H2. The third kappa shape index (κ3) is 1.26. The summed E-state index contributed by atoms with van der Waals surface area (Å²) in [6.45, 7) is 2.36. The van der Waals surface area contributed by atoms with Crippen LogP contribution in [0.5, 0.6) is 0 Å². The van der Waals surface area contributed by atoms with E-state index in [1.165, 1.54) is 17.5 Å². The minimum atomic E-state index is -0.454. The molecule has 0 radical (unpaired) electrons. The lowest BCUT2D eigenvalue weighted by Crippen LogP contribution is -2.50. The van der Waals surface area contributed by atoms with Gasteiger partial charge in [-0.3, -0.25) is 4.90 Å². The van der Waals surface area contributed by atoms with Gasteiger partial charge in [-0.05, 0) is 53.1 Å². The van der Waals surface area contributed by atoms with Gasteiger partial charge in [-0.2, -0.15) is 0 Å². The predicted molar refractivity (Wildman–Crippen MR) is 93.8 cm³/mol. The molecule has 3 heteroatoms. The first-order chi connectivity index (χ1) is 12.2. The molecule has 2 saturated heterocycles. The van der Waals surface area contributed by atoms with Gasteiger partial charge in [0.05, 0.1) is 6.54 Å². The molecule has 1 aromatic carbocycles. The molecule has 10 unspecified atom stereocenters. The van der Waals surface area contributed by atoms with Crippen LogP contribution >= 0.6 is 0 Å². The Balaban J connectivity index is 1.16. The van der Waals surface area contributed by atoms with Crippen molar-refractivity contribution >= 4 is 0 Å². The molecule has 8 rings (SSSR count). The Morgan fingerprint density at radius 1 is 1.08 bits per heavy atom. The maximum absolute atomic E-state index is 11.8. The number of nitrogens with zero attached hydrogens (tertiary/aromatic N) is 1. The van der Waals surface area contributed by atoms with Gasteiger partial charge in [0, 0.05) is 31.0 Å². The predicted octanol–water partition coefficient (Wildman–Crippen LogP) is 1.67. The van der Waals surface area contributed by atoms with E-state index < -0.39 is 5.72 Å². The summed E-state index contributed by atoms with van der Waals surface area (Å²) in [6.07, 6.45) is 6.73. The maximum atomic E-state index is 11.8. The van der Waals surface area contributed by atoms with Crippen LogP contribution in [0.4, 0.5) is 0 Å². The fourth-order valence-corrected chi connectivity index (χ4v) is 9.01. The van der Waals surface area contributed by atoms with Crippen molar-refractivity contribution in [2.75, 3.05) is 6.54 Å². The molecule has 7 aliphatic rings. The normalized spacial score (nSPS) is 54.6. The second kappa shape index (κ2) is 4.14. The fourth-order valence-electron chi connectivity index (χ4n) is 9.01. The van der Waals surface area contributed by atoms with E-state index in [-0.39, 0.29) is 0 Å². The zero-order valence-corrected chi connectivity index (χ0v) is 14.3. The van der Waals surface area contributed by atoms with E-state index in [2.05, 4.69) is 40.4 Å². The first-order valence-electron chi connectivity index (χ1n) is 9.96. The highest BCUT2D eigenvalue weighted by atomic mass is 16.3. The highest BCUT2D eigenvalue weighted by Gasteiger charge is 2.93. The van der Waals surface area contributed by atoms with Crippen LogP contribution in [0.15, 0.2) is 24.3 Å². The van der Waals surface area contributed by atoms with E-state index in [4.69, 9.17) is 6.42 Å². The Bertz CT molecular complexity index is 812. The van der Waals surface area contributed by atoms with E-state index in [9.17, 15) is 5.11 Å². The zero-order chi connectivity index (χ0) is 16.5. The highest BCUT2D eigenvalue weighted by Crippen LogP contribution is 2.90. The van der Waals surface area contributed by atoms with E-state index >= 15 is 0 Å². The maximum Gasteiger partial charge on any atom is 0.125 e. The molecule has 10 atom stereocenters. The molecule has 2 aliphatic heterocycles. The lowest BCUT2D eigenvalue weighted by molar-refractivity contribution is -0.134. The number of hydrogen-bond acceptors (Lipinski definition) is 3. The second-order valence-corrected chi connectivity index (χ2v) is 9.45. The Hall–Kier alpha value is -1.34. The third-order valence-electron chi connectivity index (χ3n) is 9.14. The highest BCUT2D eigenvalue weighted by molar-refractivity contribution is 5.41. The van der Waals surface area contributed by atoms with E-state index in [1.54, 1.807) is 0 Å². The molecule has 4 bridgehead atoms. The van der Waals surface area contributed by atoms with Crippen LogP contribution in [-0.2, 0) is 13.1 Å². The summed E-state index contributed by atoms with van der Waals surface area (Å²) in [5.41, 5.74) is 2.16. The Kier molecular flexibility index (Phi) is 2.29. The summed E-state index contributed by atoms with van der Waals surface area (Å²) >= 11 is 0. The van der Waals surface area contributed by atoms with Gasteiger partial charge in [0.25, 0.3) is 0 Å². The van der Waals surface area contributed by atoms with Gasteiger partial charge in [-0.25, -0.2) is 0 Å². The molecule has 0 spiro atoms. The summed E-state index contributed by atoms with van der Waals surface area (Å²) in [6, 6.07) is 9.58. The molecule has 25 heavy (non-hydrogen) atoms. The van der Waals surface area contributed by atoms with E-state index in [0.717, 1.165) is 48.6 Å². The first kappa shape index (κ1) is 13.8. The number of hydrogen-bond donors (Lipinski definition) is 2. The lowest BCUT2D eigenvalue weighted by Gasteiger charge is -2.45. The molecule has 7 fully saturated rings. The Morgan fingerprint density at radius 2 is 1.88 bits per heavy atom. The summed E-state index contributed by atoms with van der Waals surface area (Å²) < 4.78 is 0. The van der Waals surface area contributed by atoms with Gasteiger partial charge < -0.3 is 10.4 Å². The van der Waals surface area contributed by atoms with Crippen molar-refractivity contribution in [1.82, 2.24) is 10.2 Å². The average Bonchev–Trinajstić information content (AvgIpc) is 3.23.